The van der Waals surface area contributed by atoms with Gasteiger partial charge in [-0.2, -0.15) is 0 Å². The number of hydrogen-bond donors (Lipinski definition) is 1. The summed E-state index contributed by atoms with van der Waals surface area (Å²) in [7, 11) is 0. The molecule has 0 fully saturated rings. The van der Waals surface area contributed by atoms with Crippen molar-refractivity contribution in [2.45, 2.75) is 39.2 Å². The van der Waals surface area contributed by atoms with E-state index in [-0.39, 0.29) is 11.9 Å². The summed E-state index contributed by atoms with van der Waals surface area (Å²) in [6.07, 6.45) is 9.01. The summed E-state index contributed by atoms with van der Waals surface area (Å²) >= 11 is 0. The third-order valence-electron chi connectivity index (χ3n) is 1.89. The van der Waals surface area contributed by atoms with E-state index in [1.165, 1.54) is 0 Å². The fraction of sp³-hybridized carbons (Fsp3) is 0.545. The van der Waals surface area contributed by atoms with Crippen molar-refractivity contribution in [3.8, 4) is 0 Å². The van der Waals surface area contributed by atoms with Crippen LogP contribution in [0.15, 0.2) is 23.8 Å². The summed E-state index contributed by atoms with van der Waals surface area (Å²) in [6, 6.07) is 0.237. The standard InChI is InChI=1S/C11H17NO/c1-9(2)12-11(13)8-10-6-4-3-5-7-10/h4,6-7,9H,3,5,8H2,1-2H3,(H,12,13). The van der Waals surface area contributed by atoms with Crippen molar-refractivity contribution in [2.24, 2.45) is 0 Å². The summed E-state index contributed by atoms with van der Waals surface area (Å²) in [6.45, 7) is 3.95. The molecular weight excluding hydrogens is 162 g/mol. The van der Waals surface area contributed by atoms with Crippen LogP contribution >= 0.6 is 0 Å². The molecule has 1 rings (SSSR count). The first-order valence-electron chi connectivity index (χ1n) is 4.83. The fourth-order valence-corrected chi connectivity index (χ4v) is 1.36. The van der Waals surface area contributed by atoms with E-state index < -0.39 is 0 Å². The van der Waals surface area contributed by atoms with Crippen molar-refractivity contribution in [3.05, 3.63) is 23.8 Å². The van der Waals surface area contributed by atoms with Crippen molar-refractivity contribution in [1.29, 1.82) is 0 Å². The second-order valence-corrected chi connectivity index (χ2v) is 3.66. The highest BCUT2D eigenvalue weighted by Gasteiger charge is 2.05. The van der Waals surface area contributed by atoms with Gasteiger partial charge >= 0.3 is 0 Å². The van der Waals surface area contributed by atoms with Crippen molar-refractivity contribution >= 4 is 5.91 Å². The zero-order valence-electron chi connectivity index (χ0n) is 8.34. The SMILES string of the molecule is CC(C)NC(=O)CC1=CCCC=C1. The van der Waals surface area contributed by atoms with Gasteiger partial charge in [-0.15, -0.1) is 0 Å². The second kappa shape index (κ2) is 4.85. The Balaban J connectivity index is 2.35. The van der Waals surface area contributed by atoms with E-state index in [4.69, 9.17) is 0 Å². The fourth-order valence-electron chi connectivity index (χ4n) is 1.36. The maximum Gasteiger partial charge on any atom is 0.224 e. The van der Waals surface area contributed by atoms with Crippen LogP contribution in [0.5, 0.6) is 0 Å². The van der Waals surface area contributed by atoms with Crippen LogP contribution in [0.2, 0.25) is 0 Å². The van der Waals surface area contributed by atoms with Crippen molar-refractivity contribution in [1.82, 2.24) is 5.32 Å². The molecule has 0 saturated heterocycles. The summed E-state index contributed by atoms with van der Waals surface area (Å²) < 4.78 is 0. The molecule has 0 aliphatic heterocycles. The molecule has 1 N–H and O–H groups in total. The van der Waals surface area contributed by atoms with Gasteiger partial charge in [0.2, 0.25) is 5.91 Å². The number of rotatable bonds is 3. The van der Waals surface area contributed by atoms with Crippen LogP contribution in [0.25, 0.3) is 0 Å². The lowest BCUT2D eigenvalue weighted by Gasteiger charge is -2.10. The van der Waals surface area contributed by atoms with Gasteiger partial charge in [0.05, 0.1) is 6.42 Å². The van der Waals surface area contributed by atoms with E-state index in [2.05, 4.69) is 17.5 Å². The lowest BCUT2D eigenvalue weighted by Crippen LogP contribution is -2.30. The van der Waals surface area contributed by atoms with Gasteiger partial charge in [0.15, 0.2) is 0 Å². The molecule has 0 spiro atoms. The average molecular weight is 179 g/mol. The molecule has 1 aliphatic carbocycles. The highest BCUT2D eigenvalue weighted by molar-refractivity contribution is 5.79. The first kappa shape index (κ1) is 10.0. The van der Waals surface area contributed by atoms with E-state index in [9.17, 15) is 4.79 Å². The lowest BCUT2D eigenvalue weighted by molar-refractivity contribution is -0.120. The molecule has 0 heterocycles. The summed E-state index contributed by atoms with van der Waals surface area (Å²) in [5.74, 6) is 0.118. The minimum Gasteiger partial charge on any atom is -0.354 e. The van der Waals surface area contributed by atoms with Crippen molar-refractivity contribution < 1.29 is 4.79 Å². The normalized spacial score (nSPS) is 15.8. The maximum absolute atomic E-state index is 11.3. The maximum atomic E-state index is 11.3. The molecule has 0 aromatic rings. The van der Waals surface area contributed by atoms with Crippen LogP contribution < -0.4 is 5.32 Å². The Bertz CT molecular complexity index is 238. The van der Waals surface area contributed by atoms with Crippen molar-refractivity contribution in [3.63, 3.8) is 0 Å². The van der Waals surface area contributed by atoms with Gasteiger partial charge in [-0.1, -0.05) is 18.2 Å². The number of carbonyl (C=O) groups is 1. The molecule has 0 radical (unpaired) electrons. The van der Waals surface area contributed by atoms with Crippen molar-refractivity contribution in [2.75, 3.05) is 0 Å². The second-order valence-electron chi connectivity index (χ2n) is 3.66. The third kappa shape index (κ3) is 3.92. The van der Waals surface area contributed by atoms with Gasteiger partial charge in [-0.05, 0) is 32.3 Å². The first-order valence-corrected chi connectivity index (χ1v) is 4.83. The Morgan fingerprint density at radius 1 is 1.54 bits per heavy atom. The van der Waals surface area contributed by atoms with Gasteiger partial charge in [-0.3, -0.25) is 4.79 Å². The van der Waals surface area contributed by atoms with Crippen LogP contribution in [-0.2, 0) is 4.79 Å². The predicted molar refractivity (Wildman–Crippen MR) is 54.4 cm³/mol. The predicted octanol–water partition coefficient (Wildman–Crippen LogP) is 2.18. The van der Waals surface area contributed by atoms with E-state index in [1.807, 2.05) is 19.9 Å². The van der Waals surface area contributed by atoms with E-state index in [0.717, 1.165) is 18.4 Å². The van der Waals surface area contributed by atoms with E-state index in [0.29, 0.717) is 6.42 Å². The molecular formula is C11H17NO. The quantitative estimate of drug-likeness (QED) is 0.707. The molecule has 72 valence electrons. The number of carbonyl (C=O) groups excluding carboxylic acids is 1. The average Bonchev–Trinajstić information content (AvgIpc) is 2.04. The summed E-state index contributed by atoms with van der Waals surface area (Å²) in [4.78, 5) is 11.3. The monoisotopic (exact) mass is 179 g/mol. The largest absolute Gasteiger partial charge is 0.354 e. The lowest BCUT2D eigenvalue weighted by atomic mass is 10.0. The van der Waals surface area contributed by atoms with Crippen LogP contribution in [-0.4, -0.2) is 11.9 Å². The third-order valence-corrected chi connectivity index (χ3v) is 1.89. The molecule has 0 aromatic carbocycles. The van der Waals surface area contributed by atoms with Crippen LogP contribution in [0.1, 0.15) is 33.1 Å². The van der Waals surface area contributed by atoms with E-state index >= 15 is 0 Å². The minimum absolute atomic E-state index is 0.118. The first-order chi connectivity index (χ1) is 6.18. The van der Waals surface area contributed by atoms with Crippen LogP contribution in [0.3, 0.4) is 0 Å². The Hall–Kier alpha value is -1.05. The molecule has 0 atom stereocenters. The molecule has 2 heteroatoms. The minimum atomic E-state index is 0.118. The summed E-state index contributed by atoms with van der Waals surface area (Å²) in [5, 5.41) is 2.88. The summed E-state index contributed by atoms with van der Waals surface area (Å²) in [5.41, 5.74) is 1.14. The Morgan fingerprint density at radius 3 is 2.85 bits per heavy atom. The molecule has 2 nitrogen and oxygen atoms in total. The Labute approximate surface area is 79.7 Å². The van der Waals surface area contributed by atoms with Crippen LogP contribution in [0, 0.1) is 0 Å². The molecule has 13 heavy (non-hydrogen) atoms. The van der Waals surface area contributed by atoms with Gasteiger partial charge in [-0.25, -0.2) is 0 Å². The highest BCUT2D eigenvalue weighted by Crippen LogP contribution is 2.12. The number of nitrogens with one attached hydrogen (secondary N) is 1. The van der Waals surface area contributed by atoms with Gasteiger partial charge in [0.25, 0.3) is 0 Å². The number of hydrogen-bond acceptors (Lipinski definition) is 1. The van der Waals surface area contributed by atoms with E-state index in [1.54, 1.807) is 0 Å². The molecule has 0 unspecified atom stereocenters. The number of amides is 1. The molecule has 0 saturated carbocycles. The molecule has 1 aliphatic rings. The van der Waals surface area contributed by atoms with Gasteiger partial charge in [0, 0.05) is 6.04 Å². The topological polar surface area (TPSA) is 29.1 Å². The van der Waals surface area contributed by atoms with Crippen LogP contribution in [0.4, 0.5) is 0 Å². The van der Waals surface area contributed by atoms with Gasteiger partial charge < -0.3 is 5.32 Å². The molecule has 0 aromatic heterocycles. The van der Waals surface area contributed by atoms with Gasteiger partial charge in [0.1, 0.15) is 0 Å². The Morgan fingerprint density at radius 2 is 2.31 bits per heavy atom. The molecule has 0 bridgehead atoms. The zero-order valence-corrected chi connectivity index (χ0v) is 8.34. The molecule has 1 amide bonds. The Kier molecular flexibility index (Phi) is 3.74. The smallest absolute Gasteiger partial charge is 0.224 e. The zero-order chi connectivity index (χ0) is 9.68. The number of allylic oxidation sites excluding steroid dienone is 3. The highest BCUT2D eigenvalue weighted by atomic mass is 16.1.